The maximum absolute atomic E-state index is 12.0. The van der Waals surface area contributed by atoms with E-state index in [4.69, 9.17) is 9.73 Å². The van der Waals surface area contributed by atoms with Crippen LogP contribution in [0.3, 0.4) is 0 Å². The highest BCUT2D eigenvalue weighted by molar-refractivity contribution is 14.0. The number of carbonyl (C=O) groups excluding carboxylic acids is 1. The second-order valence-electron chi connectivity index (χ2n) is 8.92. The highest BCUT2D eigenvalue weighted by Gasteiger charge is 2.33. The Morgan fingerprint density at radius 3 is 2.26 bits per heavy atom. The number of carbonyl (C=O) groups is 1. The van der Waals surface area contributed by atoms with Gasteiger partial charge in [0.05, 0.1) is 18.8 Å². The van der Waals surface area contributed by atoms with Gasteiger partial charge in [-0.05, 0) is 52.3 Å². The summed E-state index contributed by atoms with van der Waals surface area (Å²) in [5.41, 5.74) is 1.74. The normalized spacial score (nSPS) is 20.0. The number of nitrogens with zero attached hydrogens (tertiary/aromatic N) is 3. The number of aliphatic imine (C=N–C) groups is 1. The number of rotatable bonds is 7. The fourth-order valence-electron chi connectivity index (χ4n) is 3.61. The van der Waals surface area contributed by atoms with E-state index in [1.807, 2.05) is 24.3 Å². The van der Waals surface area contributed by atoms with Crippen LogP contribution in [0.25, 0.3) is 0 Å². The van der Waals surface area contributed by atoms with Gasteiger partial charge in [-0.1, -0.05) is 12.1 Å². The minimum absolute atomic E-state index is 0. The fourth-order valence-corrected chi connectivity index (χ4v) is 3.61. The zero-order valence-electron chi connectivity index (χ0n) is 20.1. The molecule has 0 bridgehead atoms. The standard InChI is InChI=1S/C23H39N5O2.HI/c1-8-24-22(25-13-19-9-11-20(12-10-19)21(29)27(6)7)26-16-23(4,5)28-14-17(2)30-18(3)15-28;/h9-12,17-18H,8,13-16H2,1-7H3,(H2,24,25,26);1H. The number of hydrogen-bond donors (Lipinski definition) is 2. The molecule has 176 valence electrons. The molecular formula is C23H40IN5O2. The zero-order valence-corrected chi connectivity index (χ0v) is 22.4. The van der Waals surface area contributed by atoms with Crippen molar-refractivity contribution in [1.29, 1.82) is 0 Å². The summed E-state index contributed by atoms with van der Waals surface area (Å²) in [4.78, 5) is 20.8. The van der Waals surface area contributed by atoms with E-state index in [0.29, 0.717) is 12.1 Å². The maximum atomic E-state index is 12.0. The van der Waals surface area contributed by atoms with Crippen LogP contribution in [0.4, 0.5) is 0 Å². The smallest absolute Gasteiger partial charge is 0.253 e. The Hall–Kier alpha value is -1.39. The van der Waals surface area contributed by atoms with E-state index in [2.05, 4.69) is 50.2 Å². The van der Waals surface area contributed by atoms with Gasteiger partial charge in [0, 0.05) is 51.4 Å². The van der Waals surface area contributed by atoms with E-state index >= 15 is 0 Å². The first-order valence-corrected chi connectivity index (χ1v) is 10.9. The second kappa shape index (κ2) is 12.6. The molecule has 0 radical (unpaired) electrons. The van der Waals surface area contributed by atoms with E-state index in [1.54, 1.807) is 19.0 Å². The van der Waals surface area contributed by atoms with Crippen LogP contribution in [-0.2, 0) is 11.3 Å². The third-order valence-corrected chi connectivity index (χ3v) is 5.34. The largest absolute Gasteiger partial charge is 0.373 e. The average Bonchev–Trinajstić information content (AvgIpc) is 2.69. The van der Waals surface area contributed by atoms with Crippen LogP contribution in [-0.4, -0.2) is 79.7 Å². The number of halogens is 1. The first-order chi connectivity index (χ1) is 14.1. The van der Waals surface area contributed by atoms with Crippen molar-refractivity contribution in [3.63, 3.8) is 0 Å². The van der Waals surface area contributed by atoms with Crippen LogP contribution in [0, 0.1) is 0 Å². The molecule has 7 nitrogen and oxygen atoms in total. The van der Waals surface area contributed by atoms with Crippen molar-refractivity contribution in [2.24, 2.45) is 4.99 Å². The van der Waals surface area contributed by atoms with Gasteiger partial charge in [0.15, 0.2) is 5.96 Å². The lowest BCUT2D eigenvalue weighted by Crippen LogP contribution is -2.59. The molecule has 2 unspecified atom stereocenters. The molecule has 1 aromatic carbocycles. The number of benzene rings is 1. The summed E-state index contributed by atoms with van der Waals surface area (Å²) in [6.07, 6.45) is 0.495. The van der Waals surface area contributed by atoms with Crippen LogP contribution in [0.15, 0.2) is 29.3 Å². The third kappa shape index (κ3) is 8.57. The summed E-state index contributed by atoms with van der Waals surface area (Å²) >= 11 is 0. The number of nitrogens with one attached hydrogen (secondary N) is 2. The predicted molar refractivity (Wildman–Crippen MR) is 138 cm³/mol. The van der Waals surface area contributed by atoms with Crippen molar-refractivity contribution in [3.05, 3.63) is 35.4 Å². The van der Waals surface area contributed by atoms with Crippen molar-refractivity contribution in [2.45, 2.75) is 58.9 Å². The summed E-state index contributed by atoms with van der Waals surface area (Å²) in [5.74, 6) is 0.808. The van der Waals surface area contributed by atoms with Crippen molar-refractivity contribution in [3.8, 4) is 0 Å². The molecule has 2 rings (SSSR count). The Balaban J connectivity index is 0.00000480. The molecule has 0 aliphatic carbocycles. The first kappa shape index (κ1) is 27.6. The second-order valence-corrected chi connectivity index (χ2v) is 8.92. The topological polar surface area (TPSA) is 69.2 Å². The van der Waals surface area contributed by atoms with Crippen LogP contribution in [0.5, 0.6) is 0 Å². The van der Waals surface area contributed by atoms with Gasteiger partial charge in [0.2, 0.25) is 0 Å². The van der Waals surface area contributed by atoms with Crippen LogP contribution in [0.2, 0.25) is 0 Å². The Kier molecular flexibility index (Phi) is 11.2. The minimum atomic E-state index is -0.0172. The van der Waals surface area contributed by atoms with Crippen LogP contribution < -0.4 is 10.6 Å². The zero-order chi connectivity index (χ0) is 22.3. The molecule has 0 saturated carbocycles. The molecule has 2 N–H and O–H groups in total. The Labute approximate surface area is 205 Å². The maximum Gasteiger partial charge on any atom is 0.253 e. The van der Waals surface area contributed by atoms with E-state index in [0.717, 1.165) is 37.7 Å². The van der Waals surface area contributed by atoms with Gasteiger partial charge in [-0.3, -0.25) is 9.69 Å². The van der Waals surface area contributed by atoms with Gasteiger partial charge in [-0.25, -0.2) is 4.99 Å². The molecule has 8 heteroatoms. The van der Waals surface area contributed by atoms with E-state index in [9.17, 15) is 4.79 Å². The Bertz CT molecular complexity index is 711. The fraction of sp³-hybridized carbons (Fsp3) is 0.652. The van der Waals surface area contributed by atoms with Crippen LogP contribution >= 0.6 is 24.0 Å². The van der Waals surface area contributed by atoms with E-state index < -0.39 is 0 Å². The molecule has 1 aliphatic heterocycles. The van der Waals surface area contributed by atoms with Gasteiger partial charge in [0.1, 0.15) is 0 Å². The number of hydrogen-bond acceptors (Lipinski definition) is 4. The molecule has 0 aromatic heterocycles. The lowest BCUT2D eigenvalue weighted by Gasteiger charge is -2.45. The molecule has 1 heterocycles. The molecule has 1 aromatic rings. The molecule has 2 atom stereocenters. The third-order valence-electron chi connectivity index (χ3n) is 5.34. The number of guanidine groups is 1. The van der Waals surface area contributed by atoms with Crippen molar-refractivity contribution in [2.75, 3.05) is 40.3 Å². The van der Waals surface area contributed by atoms with Crippen molar-refractivity contribution < 1.29 is 9.53 Å². The molecule has 1 saturated heterocycles. The average molecular weight is 546 g/mol. The molecule has 1 amide bonds. The van der Waals surface area contributed by atoms with Crippen LogP contribution in [0.1, 0.15) is 50.5 Å². The SMILES string of the molecule is CCNC(=NCc1ccc(C(=O)N(C)C)cc1)NCC(C)(C)N1CC(C)OC(C)C1.I. The lowest BCUT2D eigenvalue weighted by molar-refractivity contribution is -0.0946. The highest BCUT2D eigenvalue weighted by atomic mass is 127. The molecule has 31 heavy (non-hydrogen) atoms. The highest BCUT2D eigenvalue weighted by Crippen LogP contribution is 2.20. The summed E-state index contributed by atoms with van der Waals surface area (Å²) < 4.78 is 5.88. The van der Waals surface area contributed by atoms with Gasteiger partial charge in [0.25, 0.3) is 5.91 Å². The molecule has 1 aliphatic rings. The minimum Gasteiger partial charge on any atom is -0.373 e. The number of amides is 1. The van der Waals surface area contributed by atoms with E-state index in [-0.39, 0.29) is 47.6 Å². The van der Waals surface area contributed by atoms with Gasteiger partial charge < -0.3 is 20.3 Å². The molecular weight excluding hydrogens is 505 g/mol. The number of ether oxygens (including phenoxy) is 1. The Morgan fingerprint density at radius 2 is 1.74 bits per heavy atom. The number of morpholine rings is 1. The van der Waals surface area contributed by atoms with Gasteiger partial charge in [-0.2, -0.15) is 0 Å². The quantitative estimate of drug-likeness (QED) is 0.314. The van der Waals surface area contributed by atoms with E-state index in [1.165, 1.54) is 0 Å². The molecule has 0 spiro atoms. The monoisotopic (exact) mass is 545 g/mol. The van der Waals surface area contributed by atoms with Gasteiger partial charge >= 0.3 is 0 Å². The Morgan fingerprint density at radius 1 is 1.16 bits per heavy atom. The summed E-state index contributed by atoms with van der Waals surface area (Å²) in [6.45, 7) is 14.9. The first-order valence-electron chi connectivity index (χ1n) is 10.9. The van der Waals surface area contributed by atoms with Gasteiger partial charge in [-0.15, -0.1) is 24.0 Å². The molecule has 1 fully saturated rings. The van der Waals surface area contributed by atoms with Crippen molar-refractivity contribution in [1.82, 2.24) is 20.4 Å². The summed E-state index contributed by atoms with van der Waals surface area (Å²) in [5, 5.41) is 6.82. The lowest BCUT2D eigenvalue weighted by atomic mass is 10.00. The summed E-state index contributed by atoms with van der Waals surface area (Å²) in [6, 6.07) is 7.64. The van der Waals surface area contributed by atoms with Crippen molar-refractivity contribution >= 4 is 35.8 Å². The predicted octanol–water partition coefficient (Wildman–Crippen LogP) is 2.95. The summed E-state index contributed by atoms with van der Waals surface area (Å²) in [7, 11) is 3.52.